The highest BCUT2D eigenvalue weighted by Gasteiger charge is 2.29. The number of carbonyl (C=O) groups excluding carboxylic acids is 1. The number of rotatable bonds is 3. The van der Waals surface area contributed by atoms with E-state index in [4.69, 9.17) is 5.73 Å². The highest BCUT2D eigenvalue weighted by molar-refractivity contribution is 5.84. The van der Waals surface area contributed by atoms with Gasteiger partial charge < -0.3 is 15.7 Å². The molecule has 17 heavy (non-hydrogen) atoms. The summed E-state index contributed by atoms with van der Waals surface area (Å²) < 4.78 is 0. The summed E-state index contributed by atoms with van der Waals surface area (Å²) in [5.74, 6) is -1.03. The van der Waals surface area contributed by atoms with Crippen molar-refractivity contribution in [3.05, 3.63) is 0 Å². The molecule has 98 valence electrons. The molecule has 2 atom stereocenters. The van der Waals surface area contributed by atoms with E-state index in [2.05, 4.69) is 0 Å². The first-order valence-electron chi connectivity index (χ1n) is 6.30. The molecule has 1 rings (SSSR count). The molecule has 0 saturated carbocycles. The van der Waals surface area contributed by atoms with Gasteiger partial charge >= 0.3 is 5.97 Å². The molecule has 2 unspecified atom stereocenters. The van der Waals surface area contributed by atoms with E-state index in [0.29, 0.717) is 13.0 Å². The van der Waals surface area contributed by atoms with Gasteiger partial charge in [-0.15, -0.1) is 0 Å². The monoisotopic (exact) mass is 242 g/mol. The Morgan fingerprint density at radius 1 is 1.35 bits per heavy atom. The van der Waals surface area contributed by atoms with Gasteiger partial charge in [0.1, 0.15) is 6.04 Å². The second-order valence-electron chi connectivity index (χ2n) is 4.83. The van der Waals surface area contributed by atoms with Crippen molar-refractivity contribution in [3.63, 3.8) is 0 Å². The number of aliphatic carboxylic acids is 1. The van der Waals surface area contributed by atoms with Gasteiger partial charge in [-0.25, -0.2) is 4.79 Å². The molecule has 1 saturated heterocycles. The molecule has 1 heterocycles. The SMILES string of the molecule is CC(N)CC(=O)N1CCCCCCC1C(=O)O. The van der Waals surface area contributed by atoms with Crippen LogP contribution in [0.15, 0.2) is 0 Å². The smallest absolute Gasteiger partial charge is 0.326 e. The Bertz CT molecular complexity index is 279. The number of carboxylic acid groups (broad SMARTS) is 1. The van der Waals surface area contributed by atoms with Crippen LogP contribution >= 0.6 is 0 Å². The second-order valence-corrected chi connectivity index (χ2v) is 4.83. The van der Waals surface area contributed by atoms with Crippen LogP contribution in [0.2, 0.25) is 0 Å². The summed E-state index contributed by atoms with van der Waals surface area (Å²) in [6, 6.07) is -0.885. The summed E-state index contributed by atoms with van der Waals surface area (Å²) in [5, 5.41) is 9.18. The number of carbonyl (C=O) groups is 2. The minimum absolute atomic E-state index is 0.130. The van der Waals surface area contributed by atoms with Crippen LogP contribution in [0.4, 0.5) is 0 Å². The summed E-state index contributed by atoms with van der Waals surface area (Å²) in [6.45, 7) is 2.31. The minimum Gasteiger partial charge on any atom is -0.480 e. The van der Waals surface area contributed by atoms with E-state index in [1.807, 2.05) is 0 Å². The lowest BCUT2D eigenvalue weighted by Gasteiger charge is -2.31. The Morgan fingerprint density at radius 2 is 2.00 bits per heavy atom. The van der Waals surface area contributed by atoms with E-state index in [1.54, 1.807) is 6.92 Å². The Hall–Kier alpha value is -1.10. The van der Waals surface area contributed by atoms with Crippen LogP contribution in [0.25, 0.3) is 0 Å². The van der Waals surface area contributed by atoms with Crippen LogP contribution in [0.5, 0.6) is 0 Å². The lowest BCUT2D eigenvalue weighted by molar-refractivity contribution is -0.151. The topological polar surface area (TPSA) is 83.6 Å². The summed E-state index contributed by atoms with van der Waals surface area (Å²) in [4.78, 5) is 24.7. The van der Waals surface area contributed by atoms with Gasteiger partial charge in [0, 0.05) is 19.0 Å². The lowest BCUT2D eigenvalue weighted by atomic mass is 10.0. The Morgan fingerprint density at radius 3 is 2.59 bits per heavy atom. The minimum atomic E-state index is -0.898. The average molecular weight is 242 g/mol. The number of likely N-dealkylation sites (tertiary alicyclic amines) is 1. The van der Waals surface area contributed by atoms with Gasteiger partial charge in [0.15, 0.2) is 0 Å². The molecule has 1 aliphatic rings. The van der Waals surface area contributed by atoms with Gasteiger partial charge in [-0.3, -0.25) is 4.79 Å². The van der Waals surface area contributed by atoms with Gasteiger partial charge in [0.05, 0.1) is 0 Å². The highest BCUT2D eigenvalue weighted by atomic mass is 16.4. The van der Waals surface area contributed by atoms with Gasteiger partial charge in [-0.1, -0.05) is 19.3 Å². The number of carboxylic acids is 1. The molecular formula is C12H22N2O3. The van der Waals surface area contributed by atoms with Crippen molar-refractivity contribution in [2.45, 2.75) is 57.5 Å². The third kappa shape index (κ3) is 4.34. The summed E-state index contributed by atoms with van der Waals surface area (Å²) in [5.41, 5.74) is 5.60. The molecule has 0 spiro atoms. The maximum absolute atomic E-state index is 12.0. The largest absolute Gasteiger partial charge is 0.480 e. The molecule has 3 N–H and O–H groups in total. The van der Waals surface area contributed by atoms with Gasteiger partial charge in [-0.05, 0) is 19.8 Å². The molecule has 1 aliphatic heterocycles. The van der Waals surface area contributed by atoms with Crippen LogP contribution in [-0.2, 0) is 9.59 Å². The van der Waals surface area contributed by atoms with E-state index in [-0.39, 0.29) is 18.4 Å². The zero-order chi connectivity index (χ0) is 12.8. The molecule has 5 nitrogen and oxygen atoms in total. The molecule has 0 aromatic carbocycles. The fraction of sp³-hybridized carbons (Fsp3) is 0.833. The normalized spacial score (nSPS) is 23.6. The van der Waals surface area contributed by atoms with E-state index >= 15 is 0 Å². The average Bonchev–Trinajstić information content (AvgIpc) is 2.14. The zero-order valence-corrected chi connectivity index (χ0v) is 10.4. The molecule has 0 aliphatic carbocycles. The maximum Gasteiger partial charge on any atom is 0.326 e. The van der Waals surface area contributed by atoms with Crippen LogP contribution in [0, 0.1) is 0 Å². The number of amides is 1. The predicted octanol–water partition coefficient (Wildman–Crippen LogP) is 0.970. The highest BCUT2D eigenvalue weighted by Crippen LogP contribution is 2.18. The van der Waals surface area contributed by atoms with E-state index in [9.17, 15) is 14.7 Å². The van der Waals surface area contributed by atoms with Crippen molar-refractivity contribution in [2.24, 2.45) is 5.73 Å². The van der Waals surface area contributed by atoms with Crippen molar-refractivity contribution in [1.82, 2.24) is 4.90 Å². The van der Waals surface area contributed by atoms with Crippen LogP contribution in [0.3, 0.4) is 0 Å². The third-order valence-corrected chi connectivity index (χ3v) is 3.10. The Labute approximate surface area is 102 Å². The molecule has 0 radical (unpaired) electrons. The Balaban J connectivity index is 2.72. The molecule has 0 aromatic rings. The number of hydrogen-bond donors (Lipinski definition) is 2. The van der Waals surface area contributed by atoms with Crippen molar-refractivity contribution in [3.8, 4) is 0 Å². The Kier molecular flexibility index (Phi) is 5.41. The van der Waals surface area contributed by atoms with Crippen molar-refractivity contribution in [2.75, 3.05) is 6.54 Å². The first-order chi connectivity index (χ1) is 8.02. The fourth-order valence-electron chi connectivity index (χ4n) is 2.23. The molecule has 0 bridgehead atoms. The third-order valence-electron chi connectivity index (χ3n) is 3.10. The number of hydrogen-bond acceptors (Lipinski definition) is 3. The van der Waals surface area contributed by atoms with Crippen LogP contribution in [0.1, 0.15) is 45.4 Å². The predicted molar refractivity (Wildman–Crippen MR) is 64.5 cm³/mol. The number of nitrogens with zero attached hydrogens (tertiary/aromatic N) is 1. The molecule has 5 heteroatoms. The maximum atomic E-state index is 12.0. The first kappa shape index (κ1) is 14.0. The fourth-order valence-corrected chi connectivity index (χ4v) is 2.23. The second kappa shape index (κ2) is 6.59. The molecule has 0 aromatic heterocycles. The zero-order valence-electron chi connectivity index (χ0n) is 10.4. The number of nitrogens with two attached hydrogens (primary N) is 1. The van der Waals surface area contributed by atoms with E-state index in [0.717, 1.165) is 25.7 Å². The summed E-state index contributed by atoms with van der Waals surface area (Å²) in [6.07, 6.45) is 4.66. The van der Waals surface area contributed by atoms with Gasteiger partial charge in [0.25, 0.3) is 0 Å². The van der Waals surface area contributed by atoms with Crippen molar-refractivity contribution in [1.29, 1.82) is 0 Å². The van der Waals surface area contributed by atoms with Gasteiger partial charge in [0.2, 0.25) is 5.91 Å². The van der Waals surface area contributed by atoms with Crippen molar-refractivity contribution >= 4 is 11.9 Å². The van der Waals surface area contributed by atoms with Gasteiger partial charge in [-0.2, -0.15) is 0 Å². The van der Waals surface area contributed by atoms with Crippen molar-refractivity contribution < 1.29 is 14.7 Å². The van der Waals surface area contributed by atoms with Crippen LogP contribution in [-0.4, -0.2) is 40.5 Å². The van der Waals surface area contributed by atoms with E-state index in [1.165, 1.54) is 4.90 Å². The summed E-state index contributed by atoms with van der Waals surface area (Å²) >= 11 is 0. The summed E-state index contributed by atoms with van der Waals surface area (Å²) in [7, 11) is 0. The molecule has 1 amide bonds. The van der Waals surface area contributed by atoms with E-state index < -0.39 is 12.0 Å². The quantitative estimate of drug-likeness (QED) is 0.772. The first-order valence-corrected chi connectivity index (χ1v) is 6.30. The standard InChI is InChI=1S/C12H22N2O3/c1-9(13)8-11(15)14-7-5-3-2-4-6-10(14)12(16)17/h9-10H,2-8,13H2,1H3,(H,16,17). The molecular weight excluding hydrogens is 220 g/mol. The molecule has 1 fully saturated rings. The lowest BCUT2D eigenvalue weighted by Crippen LogP contribution is -2.47. The van der Waals surface area contributed by atoms with Crippen LogP contribution < -0.4 is 5.73 Å².